The lowest BCUT2D eigenvalue weighted by atomic mass is 10.2. The summed E-state index contributed by atoms with van der Waals surface area (Å²) in [5.74, 6) is -0.0347. The molecule has 5 nitrogen and oxygen atoms in total. The van der Waals surface area contributed by atoms with Crippen LogP contribution >= 0.6 is 23.4 Å². The van der Waals surface area contributed by atoms with Crippen LogP contribution in [0.1, 0.15) is 19.8 Å². The molecule has 138 valence electrons. The average Bonchev–Trinajstić information content (AvgIpc) is 3.47. The van der Waals surface area contributed by atoms with Crippen LogP contribution in [0.3, 0.4) is 0 Å². The SMILES string of the molecule is CC(Sc1nc2ccccc2c(=O)n1-c1ccc(Cl)cc1)C(=O)NC1CC1. The average molecular weight is 400 g/mol. The second-order valence-electron chi connectivity index (χ2n) is 6.57. The first-order valence-electron chi connectivity index (χ1n) is 8.78. The summed E-state index contributed by atoms with van der Waals surface area (Å²) in [5, 5.41) is 4.25. The lowest BCUT2D eigenvalue weighted by molar-refractivity contribution is -0.120. The number of thioether (sulfide) groups is 1. The monoisotopic (exact) mass is 399 g/mol. The molecule has 3 aromatic rings. The van der Waals surface area contributed by atoms with Crippen molar-refractivity contribution in [2.45, 2.75) is 36.2 Å². The lowest BCUT2D eigenvalue weighted by Crippen LogP contribution is -2.33. The van der Waals surface area contributed by atoms with Crippen molar-refractivity contribution in [3.63, 3.8) is 0 Å². The summed E-state index contributed by atoms with van der Waals surface area (Å²) < 4.78 is 1.55. The fourth-order valence-electron chi connectivity index (χ4n) is 2.77. The summed E-state index contributed by atoms with van der Waals surface area (Å²) in [5.41, 5.74) is 1.12. The van der Waals surface area contributed by atoms with Crippen molar-refractivity contribution >= 4 is 40.2 Å². The predicted octanol–water partition coefficient (Wildman–Crippen LogP) is 3.80. The van der Waals surface area contributed by atoms with Crippen molar-refractivity contribution in [2.75, 3.05) is 0 Å². The number of amides is 1. The molecular formula is C20H18ClN3O2S. The molecule has 2 aromatic carbocycles. The Balaban J connectivity index is 1.79. The maximum atomic E-state index is 13.1. The van der Waals surface area contributed by atoms with Crippen molar-refractivity contribution in [1.82, 2.24) is 14.9 Å². The summed E-state index contributed by atoms with van der Waals surface area (Å²) >= 11 is 7.28. The Morgan fingerprint density at radius 3 is 2.63 bits per heavy atom. The second kappa shape index (κ2) is 7.37. The van der Waals surface area contributed by atoms with Crippen LogP contribution in [-0.4, -0.2) is 26.8 Å². The van der Waals surface area contributed by atoms with Gasteiger partial charge in [-0.2, -0.15) is 0 Å². The van der Waals surface area contributed by atoms with Crippen LogP contribution in [-0.2, 0) is 4.79 Å². The summed E-state index contributed by atoms with van der Waals surface area (Å²) in [7, 11) is 0. The van der Waals surface area contributed by atoms with Crippen LogP contribution < -0.4 is 10.9 Å². The van der Waals surface area contributed by atoms with E-state index in [9.17, 15) is 9.59 Å². The van der Waals surface area contributed by atoms with Gasteiger partial charge in [0.25, 0.3) is 5.56 Å². The van der Waals surface area contributed by atoms with Gasteiger partial charge in [-0.3, -0.25) is 14.2 Å². The molecule has 1 aliphatic carbocycles. The molecule has 0 spiro atoms. The first-order chi connectivity index (χ1) is 13.0. The fourth-order valence-corrected chi connectivity index (χ4v) is 3.83. The lowest BCUT2D eigenvalue weighted by Gasteiger charge is -2.16. The molecular weight excluding hydrogens is 382 g/mol. The Bertz CT molecular complexity index is 1060. The molecule has 1 aliphatic rings. The van der Waals surface area contributed by atoms with Gasteiger partial charge in [0.1, 0.15) is 0 Å². The van der Waals surface area contributed by atoms with E-state index >= 15 is 0 Å². The highest BCUT2D eigenvalue weighted by Crippen LogP contribution is 2.27. The van der Waals surface area contributed by atoms with Gasteiger partial charge in [-0.25, -0.2) is 4.98 Å². The van der Waals surface area contributed by atoms with Crippen molar-refractivity contribution in [3.05, 3.63) is 63.9 Å². The highest BCUT2D eigenvalue weighted by molar-refractivity contribution is 8.00. The minimum absolute atomic E-state index is 0.0347. The molecule has 0 bridgehead atoms. The first-order valence-corrected chi connectivity index (χ1v) is 10.0. The van der Waals surface area contributed by atoms with Crippen LogP contribution in [0.4, 0.5) is 0 Å². The number of hydrogen-bond donors (Lipinski definition) is 1. The van der Waals surface area contributed by atoms with Gasteiger partial charge in [-0.1, -0.05) is 35.5 Å². The minimum atomic E-state index is -0.364. The quantitative estimate of drug-likeness (QED) is 0.523. The number of nitrogens with zero attached hydrogens (tertiary/aromatic N) is 2. The van der Waals surface area contributed by atoms with Gasteiger partial charge in [-0.05, 0) is 56.2 Å². The van der Waals surface area contributed by atoms with E-state index in [1.165, 1.54) is 11.8 Å². The molecule has 1 aromatic heterocycles. The normalized spacial score (nSPS) is 14.9. The number of carbonyl (C=O) groups excluding carboxylic acids is 1. The van der Waals surface area contributed by atoms with Crippen LogP contribution in [0.5, 0.6) is 0 Å². The highest BCUT2D eigenvalue weighted by atomic mass is 35.5. The van der Waals surface area contributed by atoms with Gasteiger partial charge >= 0.3 is 0 Å². The van der Waals surface area contributed by atoms with Crippen molar-refractivity contribution < 1.29 is 4.79 Å². The first kappa shape index (κ1) is 18.1. The van der Waals surface area contributed by atoms with E-state index in [1.54, 1.807) is 34.9 Å². The van der Waals surface area contributed by atoms with Gasteiger partial charge in [0.05, 0.1) is 21.8 Å². The molecule has 0 radical (unpaired) electrons. The van der Waals surface area contributed by atoms with Gasteiger partial charge in [0, 0.05) is 11.1 Å². The fraction of sp³-hybridized carbons (Fsp3) is 0.250. The zero-order valence-corrected chi connectivity index (χ0v) is 16.3. The van der Waals surface area contributed by atoms with E-state index < -0.39 is 0 Å². The molecule has 1 N–H and O–H groups in total. The maximum absolute atomic E-state index is 13.1. The number of rotatable bonds is 5. The molecule has 0 saturated heterocycles. The van der Waals surface area contributed by atoms with E-state index in [0.29, 0.717) is 32.8 Å². The molecule has 27 heavy (non-hydrogen) atoms. The zero-order valence-electron chi connectivity index (χ0n) is 14.7. The molecule has 0 aliphatic heterocycles. The topological polar surface area (TPSA) is 64.0 Å². The highest BCUT2D eigenvalue weighted by Gasteiger charge is 2.27. The van der Waals surface area contributed by atoms with E-state index in [4.69, 9.17) is 11.6 Å². The maximum Gasteiger partial charge on any atom is 0.266 e. The van der Waals surface area contributed by atoms with Crippen molar-refractivity contribution in [2.24, 2.45) is 0 Å². The van der Waals surface area contributed by atoms with E-state index in [0.717, 1.165) is 12.8 Å². The number of para-hydroxylation sites is 1. The Labute approximate surface area is 165 Å². The summed E-state index contributed by atoms with van der Waals surface area (Å²) in [4.78, 5) is 30.2. The Kier molecular flexibility index (Phi) is 4.93. The summed E-state index contributed by atoms with van der Waals surface area (Å²) in [6.45, 7) is 1.83. The Morgan fingerprint density at radius 1 is 1.22 bits per heavy atom. The minimum Gasteiger partial charge on any atom is -0.352 e. The molecule has 1 fully saturated rings. The number of carbonyl (C=O) groups is 1. The third kappa shape index (κ3) is 3.87. The van der Waals surface area contributed by atoms with E-state index in [2.05, 4.69) is 10.3 Å². The third-order valence-electron chi connectivity index (χ3n) is 4.40. The number of benzene rings is 2. The smallest absolute Gasteiger partial charge is 0.266 e. The van der Waals surface area contributed by atoms with Gasteiger partial charge in [-0.15, -0.1) is 0 Å². The third-order valence-corrected chi connectivity index (χ3v) is 5.71. The number of fused-ring (bicyclic) bond motifs is 1. The van der Waals surface area contributed by atoms with E-state index in [1.807, 2.05) is 25.1 Å². The molecule has 1 heterocycles. The number of hydrogen-bond acceptors (Lipinski definition) is 4. The van der Waals surface area contributed by atoms with Crippen molar-refractivity contribution in [1.29, 1.82) is 0 Å². The Morgan fingerprint density at radius 2 is 1.93 bits per heavy atom. The van der Waals surface area contributed by atoms with Gasteiger partial charge in [0.2, 0.25) is 5.91 Å². The standard InChI is InChI=1S/C20H18ClN3O2S/c1-12(18(25)22-14-8-9-14)27-20-23-17-5-3-2-4-16(17)19(26)24(20)15-10-6-13(21)7-11-15/h2-7,10-12,14H,8-9H2,1H3,(H,22,25). The summed E-state index contributed by atoms with van der Waals surface area (Å²) in [6.07, 6.45) is 2.07. The van der Waals surface area contributed by atoms with E-state index in [-0.39, 0.29) is 16.7 Å². The van der Waals surface area contributed by atoms with Crippen LogP contribution in [0.15, 0.2) is 58.5 Å². The molecule has 1 unspecified atom stereocenters. The van der Waals surface area contributed by atoms with Gasteiger partial charge in [0.15, 0.2) is 5.16 Å². The second-order valence-corrected chi connectivity index (χ2v) is 8.32. The van der Waals surface area contributed by atoms with Gasteiger partial charge < -0.3 is 5.32 Å². The van der Waals surface area contributed by atoms with Crippen LogP contribution in [0.2, 0.25) is 5.02 Å². The number of nitrogens with one attached hydrogen (secondary N) is 1. The zero-order chi connectivity index (χ0) is 19.0. The number of halogens is 1. The number of aromatic nitrogens is 2. The summed E-state index contributed by atoms with van der Waals surface area (Å²) in [6, 6.07) is 14.5. The molecule has 1 atom stereocenters. The Hall–Kier alpha value is -2.31. The molecule has 4 rings (SSSR count). The van der Waals surface area contributed by atoms with Crippen molar-refractivity contribution in [3.8, 4) is 5.69 Å². The van der Waals surface area contributed by atoms with Crippen LogP contribution in [0.25, 0.3) is 16.6 Å². The van der Waals surface area contributed by atoms with Crippen LogP contribution in [0, 0.1) is 0 Å². The predicted molar refractivity (Wildman–Crippen MR) is 109 cm³/mol. The molecule has 7 heteroatoms. The largest absolute Gasteiger partial charge is 0.352 e. The molecule has 1 saturated carbocycles. The molecule has 1 amide bonds.